The molecule has 0 aromatic heterocycles. The second-order valence-electron chi connectivity index (χ2n) is 2.88. The normalized spacial score (nSPS) is 12.6. The van der Waals surface area contributed by atoms with Crippen LogP contribution in [-0.2, 0) is 23.6 Å². The van der Waals surface area contributed by atoms with E-state index in [2.05, 4.69) is 16.4 Å². The lowest BCUT2D eigenvalue weighted by atomic mass is 10.1. The van der Waals surface area contributed by atoms with Gasteiger partial charge in [0.25, 0.3) is 0 Å². The van der Waals surface area contributed by atoms with E-state index in [1.807, 2.05) is 30.3 Å². The van der Waals surface area contributed by atoms with Gasteiger partial charge in [-0.15, -0.1) is 6.58 Å². The number of hydrogen-bond acceptors (Lipinski definition) is 5. The van der Waals surface area contributed by atoms with Crippen LogP contribution < -0.4 is 0 Å². The van der Waals surface area contributed by atoms with Gasteiger partial charge in [0, 0.05) is 0 Å². The van der Waals surface area contributed by atoms with Crippen molar-refractivity contribution in [2.45, 2.75) is 6.10 Å². The molecule has 0 aliphatic rings. The Morgan fingerprint density at radius 3 is 2.18 bits per heavy atom. The van der Waals surface area contributed by atoms with E-state index >= 15 is 0 Å². The molecule has 0 saturated heterocycles. The monoisotopic (exact) mass is 258 g/mol. The minimum absolute atomic E-state index is 0.354. The molecule has 0 fully saturated rings. The van der Waals surface area contributed by atoms with Crippen molar-refractivity contribution in [2.75, 3.05) is 14.2 Å². The third-order valence-corrected chi connectivity index (χ3v) is 2.75. The molecule has 0 heterocycles. The predicted molar refractivity (Wildman–Crippen MR) is 63.6 cm³/mol. The van der Waals surface area contributed by atoms with Gasteiger partial charge in [-0.2, -0.15) is 9.35 Å². The molecular weight excluding hydrogens is 243 g/mol. The molecule has 6 heteroatoms. The number of hydrogen-bond donors (Lipinski definition) is 0. The number of benzene rings is 1. The maximum Gasteiger partial charge on any atom is 0.392 e. The highest BCUT2D eigenvalue weighted by molar-refractivity contribution is 7.41. The van der Waals surface area contributed by atoms with Gasteiger partial charge < -0.3 is 0 Å². The first-order chi connectivity index (χ1) is 8.31. The average molecular weight is 258 g/mol. The van der Waals surface area contributed by atoms with Crippen LogP contribution in [0, 0.1) is 0 Å². The standard InChI is InChI=1S/C11H15O5P/c1-4-11(10-8-6-5-7-9-10)14-17(15-12-2)16-13-3/h4-9,11H,1H2,2-3H3. The fourth-order valence-corrected chi connectivity index (χ4v) is 1.88. The largest absolute Gasteiger partial charge is 0.392 e. The zero-order chi connectivity index (χ0) is 12.5. The van der Waals surface area contributed by atoms with Crippen LogP contribution in [-0.4, -0.2) is 14.2 Å². The molecule has 5 nitrogen and oxygen atoms in total. The van der Waals surface area contributed by atoms with Gasteiger partial charge in [-0.25, -0.2) is 9.78 Å². The molecule has 0 aliphatic carbocycles. The molecule has 0 bridgehead atoms. The summed E-state index contributed by atoms with van der Waals surface area (Å²) < 4.78 is 15.1. The second-order valence-corrected chi connectivity index (χ2v) is 3.83. The van der Waals surface area contributed by atoms with E-state index in [0.717, 1.165) is 5.56 Å². The summed E-state index contributed by atoms with van der Waals surface area (Å²) in [7, 11) is 0.983. The Bertz CT molecular complexity index is 313. The molecule has 0 aliphatic heterocycles. The summed E-state index contributed by atoms with van der Waals surface area (Å²) in [5, 5.41) is 0. The highest BCUT2D eigenvalue weighted by Gasteiger charge is 2.20. The Morgan fingerprint density at radius 1 is 1.12 bits per heavy atom. The molecule has 1 aromatic carbocycles. The molecule has 1 aromatic rings. The van der Waals surface area contributed by atoms with E-state index in [9.17, 15) is 0 Å². The molecule has 17 heavy (non-hydrogen) atoms. The topological polar surface area (TPSA) is 46.2 Å². The van der Waals surface area contributed by atoms with Crippen LogP contribution in [0.2, 0.25) is 0 Å². The fourth-order valence-electron chi connectivity index (χ4n) is 1.14. The first-order valence-electron chi connectivity index (χ1n) is 4.87. The maximum absolute atomic E-state index is 5.52. The summed E-state index contributed by atoms with van der Waals surface area (Å²) in [6.45, 7) is 3.70. The van der Waals surface area contributed by atoms with Crippen molar-refractivity contribution in [3.63, 3.8) is 0 Å². The van der Waals surface area contributed by atoms with Gasteiger partial charge in [-0.05, 0) is 5.56 Å². The lowest BCUT2D eigenvalue weighted by Crippen LogP contribution is -2.01. The Balaban J connectivity index is 2.64. The third kappa shape index (κ3) is 4.91. The van der Waals surface area contributed by atoms with E-state index in [0.29, 0.717) is 0 Å². The number of rotatable bonds is 8. The van der Waals surface area contributed by atoms with Crippen molar-refractivity contribution in [3.05, 3.63) is 48.6 Å². The van der Waals surface area contributed by atoms with Gasteiger partial charge >= 0.3 is 8.60 Å². The van der Waals surface area contributed by atoms with Crippen LogP contribution in [0.15, 0.2) is 43.0 Å². The van der Waals surface area contributed by atoms with Crippen molar-refractivity contribution in [1.29, 1.82) is 0 Å². The summed E-state index contributed by atoms with van der Waals surface area (Å²) in [4.78, 5) is 9.00. The second kappa shape index (κ2) is 8.31. The molecule has 1 rings (SSSR count). The zero-order valence-electron chi connectivity index (χ0n) is 9.74. The molecule has 94 valence electrons. The van der Waals surface area contributed by atoms with Gasteiger partial charge in [0.1, 0.15) is 6.10 Å². The van der Waals surface area contributed by atoms with Crippen molar-refractivity contribution in [1.82, 2.24) is 0 Å². The van der Waals surface area contributed by atoms with Gasteiger partial charge in [-0.1, -0.05) is 36.4 Å². The Kier molecular flexibility index (Phi) is 6.96. The first kappa shape index (κ1) is 14.3. The van der Waals surface area contributed by atoms with E-state index < -0.39 is 8.60 Å². The van der Waals surface area contributed by atoms with E-state index in [1.165, 1.54) is 14.2 Å². The van der Waals surface area contributed by atoms with E-state index in [-0.39, 0.29) is 6.10 Å². The van der Waals surface area contributed by atoms with Crippen LogP contribution >= 0.6 is 8.60 Å². The van der Waals surface area contributed by atoms with Crippen molar-refractivity contribution < 1.29 is 23.6 Å². The summed E-state index contributed by atoms with van der Waals surface area (Å²) in [6.07, 6.45) is 1.29. The molecule has 0 radical (unpaired) electrons. The SMILES string of the molecule is C=CC(OP(OOC)OOC)c1ccccc1. The minimum Gasteiger partial charge on any atom is -0.297 e. The van der Waals surface area contributed by atoms with Crippen LogP contribution in [0.1, 0.15) is 11.7 Å². The van der Waals surface area contributed by atoms with Crippen LogP contribution in [0.5, 0.6) is 0 Å². The molecule has 0 amide bonds. The molecule has 1 atom stereocenters. The maximum atomic E-state index is 5.52. The quantitative estimate of drug-likeness (QED) is 0.310. The van der Waals surface area contributed by atoms with Gasteiger partial charge in [-0.3, -0.25) is 4.52 Å². The average Bonchev–Trinajstić information content (AvgIpc) is 2.37. The summed E-state index contributed by atoms with van der Waals surface area (Å²) >= 11 is 0. The summed E-state index contributed by atoms with van der Waals surface area (Å²) in [6, 6.07) is 9.57. The Morgan fingerprint density at radius 2 is 1.71 bits per heavy atom. The molecule has 0 N–H and O–H groups in total. The predicted octanol–water partition coefficient (Wildman–Crippen LogP) is 3.31. The lowest BCUT2D eigenvalue weighted by Gasteiger charge is -2.18. The molecule has 0 spiro atoms. The summed E-state index contributed by atoms with van der Waals surface area (Å²) in [5.74, 6) is 0. The lowest BCUT2D eigenvalue weighted by molar-refractivity contribution is -0.247. The fraction of sp³-hybridized carbons (Fsp3) is 0.273. The first-order valence-corrected chi connectivity index (χ1v) is 5.97. The minimum atomic E-state index is -1.75. The molecule has 0 saturated carbocycles. The summed E-state index contributed by atoms with van der Waals surface area (Å²) in [5.41, 5.74) is 0.939. The van der Waals surface area contributed by atoms with Crippen LogP contribution in [0.3, 0.4) is 0 Å². The van der Waals surface area contributed by atoms with Gasteiger partial charge in [0.15, 0.2) is 0 Å². The molecule has 1 unspecified atom stereocenters. The van der Waals surface area contributed by atoms with Crippen molar-refractivity contribution in [2.24, 2.45) is 0 Å². The highest BCUT2D eigenvalue weighted by atomic mass is 31.2. The van der Waals surface area contributed by atoms with Crippen molar-refractivity contribution in [3.8, 4) is 0 Å². The van der Waals surface area contributed by atoms with Crippen molar-refractivity contribution >= 4 is 8.60 Å². The smallest absolute Gasteiger partial charge is 0.297 e. The third-order valence-electron chi connectivity index (χ3n) is 1.81. The van der Waals surface area contributed by atoms with Gasteiger partial charge in [0.2, 0.25) is 0 Å². The van der Waals surface area contributed by atoms with E-state index in [1.54, 1.807) is 6.08 Å². The van der Waals surface area contributed by atoms with Gasteiger partial charge in [0.05, 0.1) is 14.2 Å². The Hall–Kier alpha value is -0.810. The van der Waals surface area contributed by atoms with Crippen LogP contribution in [0.4, 0.5) is 0 Å². The Labute approximate surface area is 102 Å². The molecular formula is C11H15O5P. The highest BCUT2D eigenvalue weighted by Crippen LogP contribution is 2.44. The van der Waals surface area contributed by atoms with E-state index in [4.69, 9.17) is 13.9 Å². The van der Waals surface area contributed by atoms with Crippen LogP contribution in [0.25, 0.3) is 0 Å². The zero-order valence-corrected chi connectivity index (χ0v) is 10.6.